The summed E-state index contributed by atoms with van der Waals surface area (Å²) in [6.45, 7) is 2.91. The molecule has 1 aromatic carbocycles. The first-order valence-corrected chi connectivity index (χ1v) is 7.12. The molecule has 0 spiro atoms. The molecule has 2 rings (SSSR count). The molecule has 2 unspecified atom stereocenters. The first kappa shape index (κ1) is 13.8. The van der Waals surface area contributed by atoms with Crippen LogP contribution < -0.4 is 10.5 Å². The predicted octanol–water partition coefficient (Wildman–Crippen LogP) is 3.34. The van der Waals surface area contributed by atoms with Gasteiger partial charge in [0.05, 0.1) is 13.2 Å². The summed E-state index contributed by atoms with van der Waals surface area (Å²) in [5.74, 6) is 0.862. The molecule has 1 aliphatic heterocycles. The Labute approximate surface area is 117 Å². The van der Waals surface area contributed by atoms with Crippen LogP contribution in [-0.4, -0.2) is 19.8 Å². The lowest BCUT2D eigenvalue weighted by atomic mass is 9.98. The van der Waals surface area contributed by atoms with Crippen molar-refractivity contribution in [3.05, 3.63) is 27.7 Å². The lowest BCUT2D eigenvalue weighted by molar-refractivity contribution is 0.0981. The molecule has 2 N–H and O–H groups in total. The van der Waals surface area contributed by atoms with Crippen molar-refractivity contribution in [1.82, 2.24) is 0 Å². The molecule has 0 amide bonds. The fourth-order valence-electron chi connectivity index (χ4n) is 2.38. The van der Waals surface area contributed by atoms with E-state index in [4.69, 9.17) is 15.2 Å². The second kappa shape index (κ2) is 6.04. The van der Waals surface area contributed by atoms with Crippen LogP contribution in [0.15, 0.2) is 16.6 Å². The van der Waals surface area contributed by atoms with Gasteiger partial charge >= 0.3 is 0 Å². The minimum atomic E-state index is -0.0417. The summed E-state index contributed by atoms with van der Waals surface area (Å²) in [6, 6.07) is 4.04. The summed E-state index contributed by atoms with van der Waals surface area (Å²) < 4.78 is 12.1. The van der Waals surface area contributed by atoms with Crippen LogP contribution in [0.25, 0.3) is 0 Å². The average molecular weight is 314 g/mol. The standard InChI is InChI=1S/C14H20BrNO2/c1-9-6-14(17-2)11(8-12(9)15)13(16)7-10-4-3-5-18-10/h6,8,10,13H,3-5,7,16H2,1-2H3. The molecule has 1 aliphatic rings. The minimum Gasteiger partial charge on any atom is -0.496 e. The second-order valence-electron chi connectivity index (χ2n) is 4.82. The van der Waals surface area contributed by atoms with Crippen molar-refractivity contribution in [3.63, 3.8) is 0 Å². The van der Waals surface area contributed by atoms with Crippen molar-refractivity contribution in [3.8, 4) is 5.75 Å². The number of ether oxygens (including phenoxy) is 2. The SMILES string of the molecule is COc1cc(C)c(Br)cc1C(N)CC1CCCO1. The number of hydrogen-bond acceptors (Lipinski definition) is 3. The van der Waals surface area contributed by atoms with Gasteiger partial charge in [0.25, 0.3) is 0 Å². The van der Waals surface area contributed by atoms with Gasteiger partial charge in [-0.25, -0.2) is 0 Å². The molecule has 0 saturated carbocycles. The predicted molar refractivity (Wildman–Crippen MR) is 76.0 cm³/mol. The third-order valence-corrected chi connectivity index (χ3v) is 4.31. The van der Waals surface area contributed by atoms with E-state index in [9.17, 15) is 0 Å². The van der Waals surface area contributed by atoms with Crippen LogP contribution in [0.4, 0.5) is 0 Å². The van der Waals surface area contributed by atoms with Gasteiger partial charge in [0.15, 0.2) is 0 Å². The molecular formula is C14H20BrNO2. The van der Waals surface area contributed by atoms with Gasteiger partial charge in [0.1, 0.15) is 5.75 Å². The van der Waals surface area contributed by atoms with Gasteiger partial charge in [-0.2, -0.15) is 0 Å². The summed E-state index contributed by atoms with van der Waals surface area (Å²) in [5.41, 5.74) is 8.49. The Hall–Kier alpha value is -0.580. The lowest BCUT2D eigenvalue weighted by Gasteiger charge is -2.20. The van der Waals surface area contributed by atoms with E-state index in [1.165, 1.54) is 0 Å². The van der Waals surface area contributed by atoms with Gasteiger partial charge in [-0.15, -0.1) is 0 Å². The van der Waals surface area contributed by atoms with Crippen molar-refractivity contribution in [2.24, 2.45) is 5.73 Å². The van der Waals surface area contributed by atoms with Crippen LogP contribution in [0.1, 0.15) is 36.4 Å². The van der Waals surface area contributed by atoms with Crippen LogP contribution >= 0.6 is 15.9 Å². The fourth-order valence-corrected chi connectivity index (χ4v) is 2.74. The zero-order chi connectivity index (χ0) is 13.1. The summed E-state index contributed by atoms with van der Waals surface area (Å²) in [5, 5.41) is 0. The van der Waals surface area contributed by atoms with Crippen LogP contribution in [0.3, 0.4) is 0 Å². The molecule has 100 valence electrons. The molecule has 0 aromatic heterocycles. The first-order valence-electron chi connectivity index (χ1n) is 6.33. The van der Waals surface area contributed by atoms with E-state index in [1.807, 2.05) is 13.0 Å². The number of benzene rings is 1. The highest BCUT2D eigenvalue weighted by molar-refractivity contribution is 9.10. The number of methoxy groups -OCH3 is 1. The van der Waals surface area contributed by atoms with E-state index in [2.05, 4.69) is 22.0 Å². The highest BCUT2D eigenvalue weighted by Gasteiger charge is 2.22. The van der Waals surface area contributed by atoms with Crippen LogP contribution in [0.2, 0.25) is 0 Å². The summed E-state index contributed by atoms with van der Waals surface area (Å²) in [6.07, 6.45) is 3.41. The summed E-state index contributed by atoms with van der Waals surface area (Å²) in [4.78, 5) is 0. The van der Waals surface area contributed by atoms with Gasteiger partial charge in [0.2, 0.25) is 0 Å². The smallest absolute Gasteiger partial charge is 0.123 e. The van der Waals surface area contributed by atoms with E-state index < -0.39 is 0 Å². The van der Waals surface area contributed by atoms with Crippen molar-refractivity contribution in [2.75, 3.05) is 13.7 Å². The maximum absolute atomic E-state index is 6.29. The number of rotatable bonds is 4. The van der Waals surface area contributed by atoms with Crippen molar-refractivity contribution >= 4 is 15.9 Å². The number of halogens is 1. The van der Waals surface area contributed by atoms with Gasteiger partial charge in [0, 0.05) is 22.7 Å². The molecule has 18 heavy (non-hydrogen) atoms. The number of hydrogen-bond donors (Lipinski definition) is 1. The Morgan fingerprint density at radius 2 is 2.33 bits per heavy atom. The second-order valence-corrected chi connectivity index (χ2v) is 5.67. The third kappa shape index (κ3) is 3.05. The third-order valence-electron chi connectivity index (χ3n) is 3.45. The van der Waals surface area contributed by atoms with Crippen molar-refractivity contribution in [2.45, 2.75) is 38.3 Å². The Balaban J connectivity index is 2.17. The van der Waals surface area contributed by atoms with Crippen LogP contribution in [-0.2, 0) is 4.74 Å². The Morgan fingerprint density at radius 1 is 1.56 bits per heavy atom. The largest absolute Gasteiger partial charge is 0.496 e. The number of aryl methyl sites for hydroxylation is 1. The molecule has 1 fully saturated rings. The first-order chi connectivity index (χ1) is 8.61. The molecule has 0 aliphatic carbocycles. The highest BCUT2D eigenvalue weighted by atomic mass is 79.9. The minimum absolute atomic E-state index is 0.0417. The quantitative estimate of drug-likeness (QED) is 0.927. The molecule has 0 bridgehead atoms. The van der Waals surface area contributed by atoms with Crippen LogP contribution in [0.5, 0.6) is 5.75 Å². The van der Waals surface area contributed by atoms with Crippen LogP contribution in [0, 0.1) is 6.92 Å². The molecular weight excluding hydrogens is 294 g/mol. The molecule has 1 heterocycles. The van der Waals surface area contributed by atoms with E-state index in [0.717, 1.165) is 47.2 Å². The maximum atomic E-state index is 6.29. The van der Waals surface area contributed by atoms with Gasteiger partial charge < -0.3 is 15.2 Å². The van der Waals surface area contributed by atoms with Gasteiger partial charge in [-0.05, 0) is 43.9 Å². The topological polar surface area (TPSA) is 44.5 Å². The van der Waals surface area contributed by atoms with E-state index in [1.54, 1.807) is 7.11 Å². The molecule has 1 saturated heterocycles. The molecule has 1 aromatic rings. The van der Waals surface area contributed by atoms with Crippen molar-refractivity contribution < 1.29 is 9.47 Å². The van der Waals surface area contributed by atoms with E-state index in [0.29, 0.717) is 6.10 Å². The van der Waals surface area contributed by atoms with E-state index >= 15 is 0 Å². The highest BCUT2D eigenvalue weighted by Crippen LogP contribution is 2.33. The van der Waals surface area contributed by atoms with Crippen molar-refractivity contribution in [1.29, 1.82) is 0 Å². The van der Waals surface area contributed by atoms with Gasteiger partial charge in [-0.3, -0.25) is 0 Å². The normalized spacial score (nSPS) is 21.0. The van der Waals surface area contributed by atoms with Gasteiger partial charge in [-0.1, -0.05) is 15.9 Å². The Bertz CT molecular complexity index is 417. The lowest BCUT2D eigenvalue weighted by Crippen LogP contribution is -2.19. The fraction of sp³-hybridized carbons (Fsp3) is 0.571. The summed E-state index contributed by atoms with van der Waals surface area (Å²) >= 11 is 3.55. The van der Waals surface area contributed by atoms with E-state index in [-0.39, 0.29) is 6.04 Å². The average Bonchev–Trinajstić information content (AvgIpc) is 2.84. The zero-order valence-corrected chi connectivity index (χ0v) is 12.5. The zero-order valence-electron chi connectivity index (χ0n) is 10.9. The Morgan fingerprint density at radius 3 is 2.94 bits per heavy atom. The molecule has 4 heteroatoms. The summed E-state index contributed by atoms with van der Waals surface area (Å²) in [7, 11) is 1.69. The molecule has 0 radical (unpaired) electrons. The molecule has 3 nitrogen and oxygen atoms in total. The Kier molecular flexibility index (Phi) is 4.65. The molecule has 2 atom stereocenters. The maximum Gasteiger partial charge on any atom is 0.123 e. The number of nitrogens with two attached hydrogens (primary N) is 1. The monoisotopic (exact) mass is 313 g/mol.